The van der Waals surface area contributed by atoms with Crippen LogP contribution in [-0.4, -0.2) is 23.9 Å². The lowest BCUT2D eigenvalue weighted by atomic mass is 9.13. The van der Waals surface area contributed by atoms with Gasteiger partial charge >= 0.3 is 24.7 Å². The Morgan fingerprint density at radius 3 is 1.07 bits per heavy atom. The number of carbonyl (C=O) groups excluding carboxylic acids is 1. The molecule has 0 fully saturated rings. The van der Waals surface area contributed by atoms with Crippen LogP contribution < -0.4 is 21.9 Å². The van der Waals surface area contributed by atoms with Crippen LogP contribution in [0.5, 0.6) is 0 Å². The third-order valence-electron chi connectivity index (χ3n) is 11.1. The molecule has 0 aliphatic rings. The Bertz CT molecular complexity index is 2670. The number of halogens is 12. The minimum absolute atomic E-state index is 0.0114. The van der Waals surface area contributed by atoms with Gasteiger partial charge in [-0.2, -0.15) is 74.5 Å². The van der Waals surface area contributed by atoms with Crippen LogP contribution in [0.2, 0.25) is 0 Å². The monoisotopic (exact) mass is 964 g/mol. The van der Waals surface area contributed by atoms with Crippen molar-refractivity contribution in [1.29, 1.82) is 0 Å². The fourth-order valence-corrected chi connectivity index (χ4v) is 8.77. The smallest absolute Gasteiger partial charge is 0.289 e. The number of ketones is 1. The second kappa shape index (κ2) is 20.2. The Balaban J connectivity index is 0.000000244. The summed E-state index contributed by atoms with van der Waals surface area (Å²) in [5.74, 6) is 2.69. The Labute approximate surface area is 385 Å². The average Bonchev–Trinajstić information content (AvgIpc) is 3.29. The maximum Gasteiger partial charge on any atom is 0.416 e. The van der Waals surface area contributed by atoms with E-state index in [1.54, 1.807) is 18.4 Å². The Hall–Kier alpha value is -6.86. The zero-order chi connectivity index (χ0) is 49.5. The van der Waals surface area contributed by atoms with Gasteiger partial charge in [-0.1, -0.05) is 174 Å². The number of benzene rings is 7. The molecule has 68 heavy (non-hydrogen) atoms. The molecule has 0 saturated heterocycles. The molecule has 0 N–H and O–H groups in total. The molecule has 0 spiro atoms. The molecule has 0 aliphatic carbocycles. The first-order valence-electron chi connectivity index (χ1n) is 20.4. The lowest BCUT2D eigenvalue weighted by molar-refractivity contribution is -0.138. The first-order valence-corrected chi connectivity index (χ1v) is 22.6. The summed E-state index contributed by atoms with van der Waals surface area (Å²) in [6.45, 7) is 0. The average molecular weight is 965 g/mol. The molecule has 0 saturated carbocycles. The van der Waals surface area contributed by atoms with Crippen LogP contribution >= 0.6 is 0 Å². The molecule has 0 radical (unpaired) electrons. The zero-order valence-corrected chi connectivity index (χ0v) is 36.4. The van der Waals surface area contributed by atoms with Crippen LogP contribution in [0.15, 0.2) is 182 Å². The highest BCUT2D eigenvalue weighted by Crippen LogP contribution is 2.32. The molecule has 0 bridgehead atoms. The molecule has 7 rings (SSSR count). The van der Waals surface area contributed by atoms with Gasteiger partial charge < -0.3 is 0 Å². The van der Waals surface area contributed by atoms with Gasteiger partial charge in [-0.05, 0) is 35.6 Å². The number of Topliss-reactive ketones (excluding diaryl/α,β-unsaturated/α-hetero) is 1. The van der Waals surface area contributed by atoms with Gasteiger partial charge in [-0.25, -0.2) is 0 Å². The lowest BCUT2D eigenvalue weighted by Gasteiger charge is -2.44. The normalized spacial score (nSPS) is 13.0. The van der Waals surface area contributed by atoms with E-state index in [4.69, 9.17) is 0 Å². The summed E-state index contributed by atoms with van der Waals surface area (Å²) in [4.78, 5) is 12.5. The number of alkyl halides is 12. The number of rotatable bonds is 9. The van der Waals surface area contributed by atoms with E-state index in [1.165, 1.54) is 5.56 Å². The standard InChI is InChI=1S/C28H16BF12.C24H21O2S/c30-25(31,32)17-1-9-21(10-2-17)29(22-11-3-18(4-12-22)26(33,34)35,23-13-5-19(6-14-23)27(36,37)38)24-15-7-20(8-16-24)28(39,40)41;1-27(26,17-16-20-8-4-2-5-9-20)19-24(25)23-14-12-22(13-15-23)18-21-10-6-3-7-11-21/h1-16H;2-15H,18-19H2,1H3/q-1;+1. The van der Waals surface area contributed by atoms with E-state index in [1.807, 2.05) is 60.7 Å². The third kappa shape index (κ3) is 12.6. The third-order valence-corrected chi connectivity index (χ3v) is 12.4. The Morgan fingerprint density at radius 2 is 0.750 bits per heavy atom. The van der Waals surface area contributed by atoms with Crippen molar-refractivity contribution in [2.45, 2.75) is 31.1 Å². The summed E-state index contributed by atoms with van der Waals surface area (Å²) in [6, 6.07) is 40.6. The van der Waals surface area contributed by atoms with Crippen LogP contribution in [-0.2, 0) is 45.3 Å². The summed E-state index contributed by atoms with van der Waals surface area (Å²) in [6.07, 6.45) is -19.6. The van der Waals surface area contributed by atoms with Gasteiger partial charge in [0.1, 0.15) is 12.4 Å². The fraction of sp³-hybridized carbons (Fsp3) is 0.135. The summed E-state index contributed by atoms with van der Waals surface area (Å²) >= 11 is 0. The highest BCUT2D eigenvalue weighted by Gasteiger charge is 2.38. The fourth-order valence-electron chi connectivity index (χ4n) is 7.70. The van der Waals surface area contributed by atoms with Crippen molar-refractivity contribution in [3.8, 4) is 11.2 Å². The van der Waals surface area contributed by atoms with E-state index >= 15 is 0 Å². The predicted molar refractivity (Wildman–Crippen MR) is 242 cm³/mol. The largest absolute Gasteiger partial charge is 0.416 e. The molecule has 1 unspecified atom stereocenters. The van der Waals surface area contributed by atoms with E-state index in [0.29, 0.717) is 54.1 Å². The number of carbonyl (C=O) groups is 1. The number of hydrogen-bond acceptors (Lipinski definition) is 2. The Kier molecular flexibility index (Phi) is 15.0. The van der Waals surface area contributed by atoms with Gasteiger partial charge in [-0.15, -0.1) is 0 Å². The number of hydrogen-bond donors (Lipinski definition) is 0. The van der Waals surface area contributed by atoms with Crippen molar-refractivity contribution < 1.29 is 61.7 Å². The molecular formula is C52H37BF12O2S. The van der Waals surface area contributed by atoms with Crippen molar-refractivity contribution in [1.82, 2.24) is 0 Å². The van der Waals surface area contributed by atoms with E-state index in [-0.39, 0.29) is 33.4 Å². The quantitative estimate of drug-likeness (QED) is 0.0475. The van der Waals surface area contributed by atoms with Gasteiger partial charge in [0, 0.05) is 11.1 Å². The van der Waals surface area contributed by atoms with Gasteiger partial charge in [0.05, 0.1) is 22.3 Å². The molecule has 0 amide bonds. The second-order valence-corrected chi connectivity index (χ2v) is 18.4. The summed E-state index contributed by atoms with van der Waals surface area (Å²) in [7, 11) is -2.55. The molecule has 7 aromatic carbocycles. The van der Waals surface area contributed by atoms with Crippen molar-refractivity contribution in [2.75, 3.05) is 12.0 Å². The summed E-state index contributed by atoms with van der Waals surface area (Å²) in [5.41, 5.74) is -0.562. The minimum Gasteiger partial charge on any atom is -0.289 e. The van der Waals surface area contributed by atoms with Crippen molar-refractivity contribution in [3.63, 3.8) is 0 Å². The molecule has 16 heteroatoms. The maximum absolute atomic E-state index is 13.3. The SMILES string of the molecule is C[S+](=O)(C#Cc1ccccc1)CC(=O)c1ccc(Cc2ccccc2)cc1.FC(F)(F)c1ccc([B-](c2ccc(C(F)(F)F)cc2)(c2ccc(C(F)(F)F)cc2)c2ccc(C(F)(F)F)cc2)cc1. The minimum atomic E-state index is -4.77. The molecule has 0 heterocycles. The van der Waals surface area contributed by atoms with Crippen LogP contribution in [0, 0.1) is 11.2 Å². The molecule has 0 aromatic heterocycles. The van der Waals surface area contributed by atoms with Crippen molar-refractivity contribution in [2.24, 2.45) is 0 Å². The van der Waals surface area contributed by atoms with Crippen LogP contribution in [0.25, 0.3) is 0 Å². The zero-order valence-electron chi connectivity index (χ0n) is 35.6. The summed E-state index contributed by atoms with van der Waals surface area (Å²) in [5, 5.41) is 2.78. The molecular weight excluding hydrogens is 927 g/mol. The topological polar surface area (TPSA) is 34.1 Å². The van der Waals surface area contributed by atoms with Crippen molar-refractivity contribution in [3.05, 3.63) is 226 Å². The van der Waals surface area contributed by atoms with E-state index in [0.717, 1.165) is 66.1 Å². The van der Waals surface area contributed by atoms with Crippen LogP contribution in [0.3, 0.4) is 0 Å². The highest BCUT2D eigenvalue weighted by molar-refractivity contribution is 8.07. The van der Waals surface area contributed by atoms with Crippen LogP contribution in [0.1, 0.15) is 49.3 Å². The molecule has 2 nitrogen and oxygen atoms in total. The van der Waals surface area contributed by atoms with Crippen LogP contribution in [0.4, 0.5) is 52.7 Å². The first-order chi connectivity index (χ1) is 31.9. The van der Waals surface area contributed by atoms with Gasteiger partial charge in [0.15, 0.2) is 20.9 Å². The van der Waals surface area contributed by atoms with Crippen molar-refractivity contribution >= 4 is 43.7 Å². The van der Waals surface area contributed by atoms with Gasteiger partial charge in [0.2, 0.25) is 5.78 Å². The summed E-state index contributed by atoms with van der Waals surface area (Å²) < 4.78 is 173. The first kappa shape index (κ1) is 50.6. The molecule has 0 aliphatic heterocycles. The van der Waals surface area contributed by atoms with Gasteiger partial charge in [-0.3, -0.25) is 4.79 Å². The van der Waals surface area contributed by atoms with Gasteiger partial charge in [0.25, 0.3) is 0 Å². The molecule has 7 aromatic rings. The van der Waals surface area contributed by atoms with E-state index in [2.05, 4.69) is 23.3 Å². The Morgan fingerprint density at radius 1 is 0.441 bits per heavy atom. The molecule has 1 atom stereocenters. The second-order valence-electron chi connectivity index (χ2n) is 15.9. The maximum atomic E-state index is 13.3. The lowest BCUT2D eigenvalue weighted by Crippen LogP contribution is -2.74. The van der Waals surface area contributed by atoms with E-state index in [9.17, 15) is 61.7 Å². The predicted octanol–water partition coefficient (Wildman–Crippen LogP) is 11.7. The van der Waals surface area contributed by atoms with E-state index < -0.39 is 63.0 Å². The highest BCUT2D eigenvalue weighted by atomic mass is 32.2. The molecule has 350 valence electrons.